The predicted molar refractivity (Wildman–Crippen MR) is 77.6 cm³/mol. The molecule has 2 aromatic carbocycles. The molecule has 2 rings (SSSR count). The molecule has 99 valence electrons. The molecule has 0 aliphatic heterocycles. The van der Waals surface area contributed by atoms with Crippen LogP contribution >= 0.6 is 0 Å². The van der Waals surface area contributed by atoms with Crippen molar-refractivity contribution >= 4 is 0 Å². The molecule has 0 N–H and O–H groups in total. The Morgan fingerprint density at radius 3 is 2.32 bits per heavy atom. The Morgan fingerprint density at radius 1 is 0.842 bits per heavy atom. The van der Waals surface area contributed by atoms with E-state index >= 15 is 0 Å². The maximum absolute atomic E-state index is 5.71. The summed E-state index contributed by atoms with van der Waals surface area (Å²) >= 11 is 0. The van der Waals surface area contributed by atoms with Crippen molar-refractivity contribution in [3.05, 3.63) is 67.1 Å². The molecule has 0 aromatic heterocycles. The Kier molecular flexibility index (Phi) is 5.30. The molecule has 0 saturated heterocycles. The van der Waals surface area contributed by atoms with E-state index in [1.807, 2.05) is 30.3 Å². The number of hydrogen-bond donors (Lipinski definition) is 0. The van der Waals surface area contributed by atoms with Gasteiger partial charge in [0.1, 0.15) is 11.5 Å². The average Bonchev–Trinajstić information content (AvgIpc) is 2.46. The Morgan fingerprint density at radius 2 is 1.58 bits per heavy atom. The van der Waals surface area contributed by atoms with Gasteiger partial charge in [-0.15, -0.1) is 0 Å². The summed E-state index contributed by atoms with van der Waals surface area (Å²) in [5.74, 6) is 1.65. The normalized spacial score (nSPS) is 10.2. The van der Waals surface area contributed by atoms with E-state index in [1.165, 1.54) is 5.56 Å². The molecule has 0 spiro atoms. The molecule has 0 atom stereocenters. The van der Waals surface area contributed by atoms with Gasteiger partial charge in [-0.3, -0.25) is 0 Å². The molecule has 19 heavy (non-hydrogen) atoms. The lowest BCUT2D eigenvalue weighted by Gasteiger charge is -2.08. The van der Waals surface area contributed by atoms with E-state index in [2.05, 4.69) is 31.2 Å². The van der Waals surface area contributed by atoms with Crippen LogP contribution in [-0.4, -0.2) is 13.2 Å². The van der Waals surface area contributed by atoms with Crippen LogP contribution in [0.2, 0.25) is 0 Å². The highest BCUT2D eigenvalue weighted by molar-refractivity contribution is 5.32. The molecule has 2 aromatic rings. The zero-order valence-electron chi connectivity index (χ0n) is 11.0. The lowest BCUT2D eigenvalue weighted by Crippen LogP contribution is -2.00. The van der Waals surface area contributed by atoms with Crippen LogP contribution in [-0.2, 0) is 6.42 Å². The maximum atomic E-state index is 5.71. The van der Waals surface area contributed by atoms with E-state index in [0.29, 0.717) is 13.2 Å². The Bertz CT molecular complexity index is 480. The Hall–Kier alpha value is -1.96. The molecular weight excluding hydrogens is 236 g/mol. The van der Waals surface area contributed by atoms with Gasteiger partial charge in [-0.05, 0) is 37.5 Å². The van der Waals surface area contributed by atoms with Crippen LogP contribution in [0.3, 0.4) is 0 Å². The van der Waals surface area contributed by atoms with Gasteiger partial charge in [-0.25, -0.2) is 0 Å². The minimum Gasteiger partial charge on any atom is -0.493 e. The van der Waals surface area contributed by atoms with Gasteiger partial charge in [0, 0.05) is 6.07 Å². The number of benzene rings is 2. The minimum atomic E-state index is 0.428. The number of hydrogen-bond acceptors (Lipinski definition) is 2. The Balaban J connectivity index is 1.75. The largest absolute Gasteiger partial charge is 0.493 e. The van der Waals surface area contributed by atoms with E-state index in [9.17, 15) is 0 Å². The predicted octanol–water partition coefficient (Wildman–Crippen LogP) is 3.91. The lowest BCUT2D eigenvalue weighted by molar-refractivity contribution is 0.306. The standard InChI is InChI=1S/C17H19O2/c1-2-18-16-11-6-12-17(14-16)19-13-7-10-15-8-4-3-5-9-15/h3-6,8-9,11-12,14H,1-2,7,10,13H2. The van der Waals surface area contributed by atoms with Crippen LogP contribution in [0, 0.1) is 6.92 Å². The van der Waals surface area contributed by atoms with Crippen molar-refractivity contribution in [3.8, 4) is 11.5 Å². The zero-order chi connectivity index (χ0) is 13.3. The molecule has 0 unspecified atom stereocenters. The van der Waals surface area contributed by atoms with Crippen molar-refractivity contribution < 1.29 is 9.47 Å². The summed E-state index contributed by atoms with van der Waals surface area (Å²) in [5.41, 5.74) is 1.35. The number of aryl methyl sites for hydroxylation is 1. The first-order valence-electron chi connectivity index (χ1n) is 6.57. The highest BCUT2D eigenvalue weighted by Gasteiger charge is 1.98. The molecular formula is C17H19O2. The van der Waals surface area contributed by atoms with Crippen molar-refractivity contribution in [2.75, 3.05) is 13.2 Å². The van der Waals surface area contributed by atoms with Crippen LogP contribution in [0.1, 0.15) is 12.0 Å². The third-order valence-corrected chi connectivity index (χ3v) is 2.80. The molecule has 0 aliphatic carbocycles. The van der Waals surface area contributed by atoms with Gasteiger partial charge in [-0.2, -0.15) is 0 Å². The van der Waals surface area contributed by atoms with Crippen LogP contribution in [0.5, 0.6) is 11.5 Å². The van der Waals surface area contributed by atoms with E-state index < -0.39 is 0 Å². The molecule has 1 radical (unpaired) electrons. The van der Waals surface area contributed by atoms with E-state index in [-0.39, 0.29) is 0 Å². The van der Waals surface area contributed by atoms with Crippen molar-refractivity contribution in [2.45, 2.75) is 12.8 Å². The second-order valence-corrected chi connectivity index (χ2v) is 4.26. The third kappa shape index (κ3) is 4.66. The summed E-state index contributed by atoms with van der Waals surface area (Å²) in [5, 5.41) is 0. The zero-order valence-corrected chi connectivity index (χ0v) is 11.0. The molecule has 0 saturated carbocycles. The first kappa shape index (κ1) is 13.5. The Labute approximate surface area is 115 Å². The van der Waals surface area contributed by atoms with Gasteiger partial charge in [-0.1, -0.05) is 36.4 Å². The molecule has 0 amide bonds. The van der Waals surface area contributed by atoms with Crippen LogP contribution in [0.4, 0.5) is 0 Å². The van der Waals surface area contributed by atoms with Crippen LogP contribution < -0.4 is 9.47 Å². The summed E-state index contributed by atoms with van der Waals surface area (Å²) in [4.78, 5) is 0. The van der Waals surface area contributed by atoms with Gasteiger partial charge < -0.3 is 9.47 Å². The molecule has 0 aliphatic rings. The van der Waals surface area contributed by atoms with Gasteiger partial charge in [0.15, 0.2) is 0 Å². The maximum Gasteiger partial charge on any atom is 0.122 e. The van der Waals surface area contributed by atoms with Crippen molar-refractivity contribution in [1.82, 2.24) is 0 Å². The minimum absolute atomic E-state index is 0.428. The SMILES string of the molecule is [CH2]COc1cccc(OCCCc2ccccc2)c1. The van der Waals surface area contributed by atoms with Gasteiger partial charge in [0.25, 0.3) is 0 Å². The van der Waals surface area contributed by atoms with Crippen LogP contribution in [0.25, 0.3) is 0 Å². The fraction of sp³-hybridized carbons (Fsp3) is 0.235. The summed E-state index contributed by atoms with van der Waals surface area (Å²) < 4.78 is 11.0. The van der Waals surface area contributed by atoms with Crippen molar-refractivity contribution in [2.24, 2.45) is 0 Å². The highest BCUT2D eigenvalue weighted by Crippen LogP contribution is 2.19. The second-order valence-electron chi connectivity index (χ2n) is 4.26. The summed E-state index contributed by atoms with van der Waals surface area (Å²) in [7, 11) is 0. The average molecular weight is 255 g/mol. The fourth-order valence-corrected chi connectivity index (χ4v) is 1.88. The van der Waals surface area contributed by atoms with E-state index in [0.717, 1.165) is 24.3 Å². The summed E-state index contributed by atoms with van der Waals surface area (Å²) in [6.45, 7) is 4.80. The van der Waals surface area contributed by atoms with Gasteiger partial charge in [0.2, 0.25) is 0 Å². The fourth-order valence-electron chi connectivity index (χ4n) is 1.88. The summed E-state index contributed by atoms with van der Waals surface area (Å²) in [6, 6.07) is 18.1. The monoisotopic (exact) mass is 255 g/mol. The second kappa shape index (κ2) is 7.47. The smallest absolute Gasteiger partial charge is 0.122 e. The van der Waals surface area contributed by atoms with Crippen molar-refractivity contribution in [3.63, 3.8) is 0 Å². The number of ether oxygens (including phenoxy) is 2. The molecule has 0 heterocycles. The van der Waals surface area contributed by atoms with Crippen LogP contribution in [0.15, 0.2) is 54.6 Å². The molecule has 2 nitrogen and oxygen atoms in total. The molecule has 2 heteroatoms. The lowest BCUT2D eigenvalue weighted by atomic mass is 10.1. The number of rotatable bonds is 7. The van der Waals surface area contributed by atoms with Gasteiger partial charge >= 0.3 is 0 Å². The van der Waals surface area contributed by atoms with E-state index in [1.54, 1.807) is 0 Å². The van der Waals surface area contributed by atoms with E-state index in [4.69, 9.17) is 9.47 Å². The highest BCUT2D eigenvalue weighted by atomic mass is 16.5. The first-order chi connectivity index (χ1) is 9.38. The summed E-state index contributed by atoms with van der Waals surface area (Å²) in [6.07, 6.45) is 2.04. The molecule has 0 bridgehead atoms. The van der Waals surface area contributed by atoms with Crippen molar-refractivity contribution in [1.29, 1.82) is 0 Å². The topological polar surface area (TPSA) is 18.5 Å². The quantitative estimate of drug-likeness (QED) is 0.698. The molecule has 0 fully saturated rings. The first-order valence-corrected chi connectivity index (χ1v) is 6.57. The van der Waals surface area contributed by atoms with Gasteiger partial charge in [0.05, 0.1) is 13.2 Å². The third-order valence-electron chi connectivity index (χ3n) is 2.80.